The molecule has 4 N–H and O–H groups in total. The summed E-state index contributed by atoms with van der Waals surface area (Å²) in [5.41, 5.74) is 11.4. The Labute approximate surface area is 76.8 Å². The summed E-state index contributed by atoms with van der Waals surface area (Å²) in [4.78, 5) is 0. The lowest BCUT2D eigenvalue weighted by Crippen LogP contribution is -2.53. The number of thiol groups is 1. The molecular weight excluding hydrogens is 178 g/mol. The Kier molecular flexibility index (Phi) is 3.52. The van der Waals surface area contributed by atoms with Crippen LogP contribution in [-0.4, -0.2) is 29.5 Å². The highest BCUT2D eigenvalue weighted by Gasteiger charge is 2.28. The van der Waals surface area contributed by atoms with Gasteiger partial charge in [-0.05, 0) is 23.8 Å². The molecule has 0 aromatic rings. The van der Waals surface area contributed by atoms with E-state index < -0.39 is 0 Å². The lowest BCUT2D eigenvalue weighted by Gasteiger charge is -2.36. The second kappa shape index (κ2) is 4.00. The molecule has 0 radical (unpaired) electrons. The van der Waals surface area contributed by atoms with Gasteiger partial charge in [-0.2, -0.15) is 0 Å². The first-order valence-electron chi connectivity index (χ1n) is 3.76. The molecule has 0 spiro atoms. The molecule has 0 aromatic carbocycles. The van der Waals surface area contributed by atoms with Gasteiger partial charge < -0.3 is 11.5 Å². The molecule has 1 saturated heterocycles. The van der Waals surface area contributed by atoms with E-state index in [0.717, 1.165) is 25.9 Å². The van der Waals surface area contributed by atoms with Crippen molar-refractivity contribution in [3.8, 4) is 0 Å². The summed E-state index contributed by atoms with van der Waals surface area (Å²) in [6.45, 7) is 2.60. The molecule has 0 amide bonds. The van der Waals surface area contributed by atoms with Crippen LogP contribution in [0.4, 0.5) is 0 Å². The van der Waals surface area contributed by atoms with Crippen LogP contribution in [0.5, 0.6) is 0 Å². The summed E-state index contributed by atoms with van der Waals surface area (Å²) in [7, 11) is 1.49. The van der Waals surface area contributed by atoms with Crippen LogP contribution >= 0.6 is 22.6 Å². The summed E-state index contributed by atoms with van der Waals surface area (Å²) in [5.74, 6) is 0. The van der Waals surface area contributed by atoms with Crippen LogP contribution in [0.3, 0.4) is 0 Å². The highest BCUT2D eigenvalue weighted by Crippen LogP contribution is 2.24. The molecule has 0 unspecified atom stereocenters. The number of nitrogens with zero attached hydrogens (tertiary/aromatic N) is 1. The molecular formula is C6H15N3S2. The molecule has 11 heavy (non-hydrogen) atoms. The minimum Gasteiger partial charge on any atom is -0.329 e. The topological polar surface area (TPSA) is 55.3 Å². The van der Waals surface area contributed by atoms with Gasteiger partial charge in [0.25, 0.3) is 0 Å². The summed E-state index contributed by atoms with van der Waals surface area (Å²) >= 11 is 4.12. The zero-order valence-electron chi connectivity index (χ0n) is 6.49. The predicted molar refractivity (Wildman–Crippen MR) is 53.4 cm³/mol. The smallest absolute Gasteiger partial charge is 0.0303 e. The van der Waals surface area contributed by atoms with Gasteiger partial charge in [-0.25, -0.2) is 4.31 Å². The number of rotatable bonds is 2. The highest BCUT2D eigenvalue weighted by atomic mass is 33.1. The zero-order chi connectivity index (χ0) is 8.32. The van der Waals surface area contributed by atoms with E-state index in [9.17, 15) is 0 Å². The Morgan fingerprint density at radius 3 is 2.36 bits per heavy atom. The first kappa shape index (κ1) is 9.67. The van der Waals surface area contributed by atoms with Crippen LogP contribution < -0.4 is 11.5 Å². The Bertz CT molecular complexity index is 123. The van der Waals surface area contributed by atoms with Crippen molar-refractivity contribution >= 4 is 22.6 Å². The van der Waals surface area contributed by atoms with E-state index >= 15 is 0 Å². The van der Waals surface area contributed by atoms with E-state index in [4.69, 9.17) is 11.5 Å². The van der Waals surface area contributed by atoms with E-state index in [1.807, 2.05) is 0 Å². The second-order valence-electron chi connectivity index (χ2n) is 3.08. The largest absolute Gasteiger partial charge is 0.329 e. The molecule has 66 valence electrons. The lowest BCUT2D eigenvalue weighted by atomic mass is 9.90. The van der Waals surface area contributed by atoms with Gasteiger partial charge in [0.2, 0.25) is 0 Å². The van der Waals surface area contributed by atoms with Crippen LogP contribution in [0.15, 0.2) is 0 Å². The van der Waals surface area contributed by atoms with Crippen LogP contribution in [0.25, 0.3) is 0 Å². The maximum Gasteiger partial charge on any atom is 0.0303 e. The number of piperidine rings is 1. The molecule has 1 fully saturated rings. The minimum absolute atomic E-state index is 0.111. The van der Waals surface area contributed by atoms with Crippen LogP contribution in [0, 0.1) is 0 Å². The third-order valence-corrected chi connectivity index (χ3v) is 3.53. The molecule has 0 aliphatic carbocycles. The first-order valence-corrected chi connectivity index (χ1v) is 5.58. The van der Waals surface area contributed by atoms with Crippen molar-refractivity contribution in [2.45, 2.75) is 18.4 Å². The van der Waals surface area contributed by atoms with Crippen molar-refractivity contribution < 1.29 is 0 Å². The van der Waals surface area contributed by atoms with E-state index in [2.05, 4.69) is 16.0 Å². The van der Waals surface area contributed by atoms with Crippen molar-refractivity contribution in [3.05, 3.63) is 0 Å². The van der Waals surface area contributed by atoms with Crippen molar-refractivity contribution in [1.29, 1.82) is 0 Å². The quantitative estimate of drug-likeness (QED) is 0.334. The lowest BCUT2D eigenvalue weighted by molar-refractivity contribution is 0.256. The summed E-state index contributed by atoms with van der Waals surface area (Å²) in [6.07, 6.45) is 1.97. The van der Waals surface area contributed by atoms with Gasteiger partial charge in [0.1, 0.15) is 0 Å². The molecule has 3 nitrogen and oxygen atoms in total. The van der Waals surface area contributed by atoms with Gasteiger partial charge in [0.05, 0.1) is 0 Å². The average molecular weight is 193 g/mol. The maximum atomic E-state index is 5.99. The van der Waals surface area contributed by atoms with Crippen molar-refractivity contribution in [2.75, 3.05) is 19.6 Å². The second-order valence-corrected chi connectivity index (χ2v) is 4.25. The normalized spacial score (nSPS) is 25.4. The summed E-state index contributed by atoms with van der Waals surface area (Å²) < 4.78 is 2.20. The third kappa shape index (κ3) is 2.52. The number of hydrogen-bond acceptors (Lipinski definition) is 5. The van der Waals surface area contributed by atoms with Gasteiger partial charge in [0, 0.05) is 25.2 Å². The molecule has 5 heteroatoms. The van der Waals surface area contributed by atoms with E-state index in [1.54, 1.807) is 0 Å². The van der Waals surface area contributed by atoms with Crippen LogP contribution in [-0.2, 0) is 0 Å². The van der Waals surface area contributed by atoms with Crippen molar-refractivity contribution in [3.63, 3.8) is 0 Å². The molecule has 1 aliphatic heterocycles. The Morgan fingerprint density at radius 1 is 1.45 bits per heavy atom. The third-order valence-electron chi connectivity index (χ3n) is 2.24. The molecule has 1 heterocycles. The summed E-state index contributed by atoms with van der Waals surface area (Å²) in [6, 6.07) is 0. The van der Waals surface area contributed by atoms with Gasteiger partial charge in [-0.15, -0.1) is 0 Å². The number of hydrogen-bond donors (Lipinski definition) is 3. The van der Waals surface area contributed by atoms with Gasteiger partial charge in [-0.1, -0.05) is 11.7 Å². The van der Waals surface area contributed by atoms with E-state index in [0.29, 0.717) is 6.54 Å². The van der Waals surface area contributed by atoms with Gasteiger partial charge in [0.15, 0.2) is 0 Å². The molecule has 1 rings (SSSR count). The SMILES string of the molecule is NCC1(N)CCN(SS)CC1. The van der Waals surface area contributed by atoms with Gasteiger partial charge >= 0.3 is 0 Å². The minimum atomic E-state index is -0.111. The van der Waals surface area contributed by atoms with E-state index in [-0.39, 0.29) is 5.54 Å². The predicted octanol–water partition coefficient (Wildman–Crippen LogP) is 0.231. The van der Waals surface area contributed by atoms with Crippen molar-refractivity contribution in [1.82, 2.24) is 4.31 Å². The molecule has 0 aromatic heterocycles. The average Bonchev–Trinajstić information content (AvgIpc) is 2.06. The first-order chi connectivity index (χ1) is 5.20. The Balaban J connectivity index is 2.35. The van der Waals surface area contributed by atoms with Crippen molar-refractivity contribution in [2.24, 2.45) is 11.5 Å². The zero-order valence-corrected chi connectivity index (χ0v) is 8.20. The molecule has 0 saturated carbocycles. The Hall–Kier alpha value is 0.580. The number of nitrogens with two attached hydrogens (primary N) is 2. The monoisotopic (exact) mass is 193 g/mol. The van der Waals surface area contributed by atoms with Crippen LogP contribution in [0.2, 0.25) is 0 Å². The summed E-state index contributed by atoms with van der Waals surface area (Å²) in [5, 5.41) is 0. The fourth-order valence-corrected chi connectivity index (χ4v) is 2.05. The van der Waals surface area contributed by atoms with Crippen LogP contribution in [0.1, 0.15) is 12.8 Å². The molecule has 0 atom stereocenters. The Morgan fingerprint density at radius 2 is 2.00 bits per heavy atom. The fraction of sp³-hybridized carbons (Fsp3) is 1.00. The van der Waals surface area contributed by atoms with Gasteiger partial charge in [-0.3, -0.25) is 0 Å². The standard InChI is InChI=1S/C6H15N3S2/c7-5-6(8)1-3-9(11-10)4-2-6/h10H,1-5,7-8H2. The maximum absolute atomic E-state index is 5.99. The van der Waals surface area contributed by atoms with E-state index in [1.165, 1.54) is 11.0 Å². The molecule has 1 aliphatic rings. The highest BCUT2D eigenvalue weighted by molar-refractivity contribution is 8.67. The molecule has 0 bridgehead atoms. The fourth-order valence-electron chi connectivity index (χ4n) is 1.22.